The lowest BCUT2D eigenvalue weighted by molar-refractivity contribution is 0.402. The highest BCUT2D eigenvalue weighted by Gasteiger charge is 2.25. The largest absolute Gasteiger partial charge is 0.305 e. The second-order valence-corrected chi connectivity index (χ2v) is 10.8. The van der Waals surface area contributed by atoms with E-state index in [4.69, 9.17) is 0 Å². The van der Waals surface area contributed by atoms with E-state index in [1.54, 1.807) is 16.8 Å². The zero-order chi connectivity index (χ0) is 23.6. The van der Waals surface area contributed by atoms with Crippen LogP contribution in [0.4, 0.5) is 5.69 Å². The summed E-state index contributed by atoms with van der Waals surface area (Å²) >= 11 is 0. The van der Waals surface area contributed by atoms with Gasteiger partial charge >= 0.3 is 0 Å². The van der Waals surface area contributed by atoms with Crippen molar-refractivity contribution in [1.82, 2.24) is 14.7 Å². The lowest BCUT2D eigenvalue weighted by Crippen LogP contribution is -2.16. The molecular formula is C25H34N4O2S. The lowest BCUT2D eigenvalue weighted by Gasteiger charge is -2.14. The Morgan fingerprint density at radius 2 is 1.62 bits per heavy atom. The second kappa shape index (κ2) is 9.46. The molecular weight excluding hydrogens is 420 g/mol. The Hall–Kier alpha value is -2.64. The maximum atomic E-state index is 13.2. The molecule has 0 aliphatic carbocycles. The van der Waals surface area contributed by atoms with Crippen molar-refractivity contribution in [3.8, 4) is 11.1 Å². The van der Waals surface area contributed by atoms with Gasteiger partial charge in [0.05, 0.1) is 22.0 Å². The number of hydrogen-bond donors (Lipinski definition) is 1. The number of nitrogens with one attached hydrogen (secondary N) is 1. The van der Waals surface area contributed by atoms with Crippen LogP contribution in [0.5, 0.6) is 0 Å². The van der Waals surface area contributed by atoms with Crippen LogP contribution in [0.3, 0.4) is 0 Å². The van der Waals surface area contributed by atoms with Crippen molar-refractivity contribution in [2.24, 2.45) is 7.05 Å². The zero-order valence-electron chi connectivity index (χ0n) is 20.0. The molecule has 0 atom stereocenters. The Morgan fingerprint density at radius 1 is 0.969 bits per heavy atom. The molecule has 0 spiro atoms. The van der Waals surface area contributed by atoms with Crippen LogP contribution in [0.2, 0.25) is 0 Å². The van der Waals surface area contributed by atoms with Gasteiger partial charge in [0, 0.05) is 13.6 Å². The van der Waals surface area contributed by atoms with Gasteiger partial charge in [-0.05, 0) is 60.8 Å². The van der Waals surface area contributed by atoms with E-state index in [1.165, 1.54) is 5.56 Å². The van der Waals surface area contributed by atoms with Crippen molar-refractivity contribution < 1.29 is 8.42 Å². The van der Waals surface area contributed by atoms with Crippen molar-refractivity contribution in [2.45, 2.75) is 51.0 Å². The summed E-state index contributed by atoms with van der Waals surface area (Å²) in [5.41, 5.74) is 5.50. The third-order valence-electron chi connectivity index (χ3n) is 5.37. The molecule has 172 valence electrons. The fourth-order valence-electron chi connectivity index (χ4n) is 3.96. The third kappa shape index (κ3) is 5.22. The van der Waals surface area contributed by atoms with E-state index >= 15 is 0 Å². The highest BCUT2D eigenvalue weighted by molar-refractivity contribution is 7.92. The zero-order valence-corrected chi connectivity index (χ0v) is 20.9. The van der Waals surface area contributed by atoms with E-state index in [0.29, 0.717) is 5.69 Å². The quantitative estimate of drug-likeness (QED) is 0.508. The molecule has 0 saturated carbocycles. The van der Waals surface area contributed by atoms with Gasteiger partial charge in [-0.15, -0.1) is 0 Å². The molecule has 3 aromatic rings. The Balaban J connectivity index is 1.92. The van der Waals surface area contributed by atoms with E-state index in [9.17, 15) is 8.42 Å². The van der Waals surface area contributed by atoms with Crippen LogP contribution in [0.15, 0.2) is 53.4 Å². The van der Waals surface area contributed by atoms with Gasteiger partial charge in [0.25, 0.3) is 10.0 Å². The molecule has 32 heavy (non-hydrogen) atoms. The van der Waals surface area contributed by atoms with Gasteiger partial charge in [-0.3, -0.25) is 9.40 Å². The molecule has 6 nitrogen and oxygen atoms in total. The van der Waals surface area contributed by atoms with Crippen LogP contribution in [0.25, 0.3) is 11.1 Å². The molecule has 0 amide bonds. The number of aryl methyl sites for hydroxylation is 1. The minimum absolute atomic E-state index is 0.100. The summed E-state index contributed by atoms with van der Waals surface area (Å²) < 4.78 is 31.1. The number of anilines is 1. The molecule has 0 fully saturated rings. The Kier molecular flexibility index (Phi) is 7.10. The number of hydrogen-bond acceptors (Lipinski definition) is 4. The van der Waals surface area contributed by atoms with Crippen LogP contribution >= 0.6 is 0 Å². The normalized spacial score (nSPS) is 12.2. The minimum Gasteiger partial charge on any atom is -0.305 e. The van der Waals surface area contributed by atoms with Gasteiger partial charge in [0.1, 0.15) is 0 Å². The first-order valence-corrected chi connectivity index (χ1v) is 12.4. The molecule has 0 bridgehead atoms. The fraction of sp³-hybridized carbons (Fsp3) is 0.400. The molecule has 1 heterocycles. The first-order valence-electron chi connectivity index (χ1n) is 10.9. The van der Waals surface area contributed by atoms with Crippen molar-refractivity contribution in [3.05, 3.63) is 65.5 Å². The Bertz CT molecular complexity index is 1180. The summed E-state index contributed by atoms with van der Waals surface area (Å²) in [5.74, 6) is 0.234. The van der Waals surface area contributed by atoms with Gasteiger partial charge in [-0.25, -0.2) is 8.42 Å². The highest BCUT2D eigenvalue weighted by atomic mass is 32.2. The summed E-state index contributed by atoms with van der Waals surface area (Å²) in [5, 5.41) is 4.58. The predicted octanol–water partition coefficient (Wildman–Crippen LogP) is 5.20. The maximum Gasteiger partial charge on any atom is 0.262 e. The van der Waals surface area contributed by atoms with Gasteiger partial charge < -0.3 is 4.90 Å². The summed E-state index contributed by atoms with van der Waals surface area (Å²) in [4.78, 5) is 2.36. The number of rotatable bonds is 8. The average molecular weight is 455 g/mol. The van der Waals surface area contributed by atoms with E-state index < -0.39 is 10.0 Å². The summed E-state index contributed by atoms with van der Waals surface area (Å²) in [7, 11) is 2.19. The predicted molar refractivity (Wildman–Crippen MR) is 131 cm³/mol. The van der Waals surface area contributed by atoms with Gasteiger partial charge in [-0.1, -0.05) is 58.0 Å². The number of aromatic nitrogens is 2. The third-order valence-corrected chi connectivity index (χ3v) is 6.74. The van der Waals surface area contributed by atoms with Crippen molar-refractivity contribution >= 4 is 15.7 Å². The van der Waals surface area contributed by atoms with Crippen molar-refractivity contribution in [1.29, 1.82) is 0 Å². The molecule has 7 heteroatoms. The van der Waals surface area contributed by atoms with E-state index in [-0.39, 0.29) is 16.7 Å². The summed E-state index contributed by atoms with van der Waals surface area (Å²) in [6.45, 7) is 8.97. The molecule has 0 aliphatic rings. The highest BCUT2D eigenvalue weighted by Crippen LogP contribution is 2.33. The molecule has 1 aromatic heterocycles. The second-order valence-electron chi connectivity index (χ2n) is 9.15. The SMILES string of the molecule is CC(C)c1nn(C)c(C(C)C)c1NS(=O)(=O)c1ccc(-c2cccc(CN(C)C)c2)cc1. The van der Waals surface area contributed by atoms with Crippen LogP contribution < -0.4 is 4.72 Å². The van der Waals surface area contributed by atoms with Crippen LogP contribution in [0, 0.1) is 0 Å². The first kappa shape index (κ1) is 24.0. The number of nitrogens with zero attached hydrogens (tertiary/aromatic N) is 3. The fourth-order valence-corrected chi connectivity index (χ4v) is 5.05. The average Bonchev–Trinajstić information content (AvgIpc) is 3.03. The van der Waals surface area contributed by atoms with Crippen molar-refractivity contribution in [3.63, 3.8) is 0 Å². The van der Waals surface area contributed by atoms with Crippen LogP contribution in [0.1, 0.15) is 56.5 Å². The molecule has 3 rings (SSSR count). The van der Waals surface area contributed by atoms with Crippen molar-refractivity contribution in [2.75, 3.05) is 18.8 Å². The molecule has 1 N–H and O–H groups in total. The summed E-state index contributed by atoms with van der Waals surface area (Å²) in [6, 6.07) is 15.4. The number of sulfonamides is 1. The Labute approximate surface area is 192 Å². The van der Waals surface area contributed by atoms with Crippen LogP contribution in [-0.4, -0.2) is 37.2 Å². The first-order chi connectivity index (χ1) is 15.0. The number of benzene rings is 2. The summed E-state index contributed by atoms with van der Waals surface area (Å²) in [6.07, 6.45) is 0. The molecule has 0 unspecified atom stereocenters. The minimum atomic E-state index is -3.75. The topological polar surface area (TPSA) is 67.2 Å². The van der Waals surface area contributed by atoms with Crippen LogP contribution in [-0.2, 0) is 23.6 Å². The molecule has 0 aliphatic heterocycles. The molecule has 0 radical (unpaired) electrons. The lowest BCUT2D eigenvalue weighted by atomic mass is 10.0. The standard InChI is InChI=1S/C25H34N4O2S/c1-17(2)23-24(25(18(3)4)29(7)26-23)27-32(30,31)22-13-11-20(12-14-22)21-10-8-9-19(15-21)16-28(5)6/h8-15,17-18,27H,16H2,1-7H3. The Morgan fingerprint density at radius 3 is 2.19 bits per heavy atom. The smallest absolute Gasteiger partial charge is 0.262 e. The van der Waals surface area contributed by atoms with E-state index in [2.05, 4.69) is 26.9 Å². The van der Waals surface area contributed by atoms with Gasteiger partial charge in [0.15, 0.2) is 0 Å². The van der Waals surface area contributed by atoms with Gasteiger partial charge in [-0.2, -0.15) is 5.10 Å². The maximum absolute atomic E-state index is 13.2. The monoisotopic (exact) mass is 454 g/mol. The van der Waals surface area contributed by atoms with E-state index in [0.717, 1.165) is 29.1 Å². The van der Waals surface area contributed by atoms with Gasteiger partial charge in [0.2, 0.25) is 0 Å². The molecule has 2 aromatic carbocycles. The molecule has 0 saturated heterocycles. The van der Waals surface area contributed by atoms with E-state index in [1.807, 2.05) is 73.1 Å².